The molecule has 1 N–H and O–H groups in total. The predicted octanol–water partition coefficient (Wildman–Crippen LogP) is 3.18. The van der Waals surface area contributed by atoms with Crippen LogP contribution in [-0.4, -0.2) is 51.3 Å². The summed E-state index contributed by atoms with van der Waals surface area (Å²) in [5.41, 5.74) is 0.547. The van der Waals surface area contributed by atoms with E-state index in [1.165, 1.54) is 6.07 Å². The summed E-state index contributed by atoms with van der Waals surface area (Å²) in [6.45, 7) is 3.28. The van der Waals surface area contributed by atoms with Crippen molar-refractivity contribution in [2.24, 2.45) is 10.9 Å². The maximum absolute atomic E-state index is 13.7. The maximum atomic E-state index is 13.7. The van der Waals surface area contributed by atoms with Gasteiger partial charge in [-0.05, 0) is 25.0 Å². The number of benzene rings is 1. The maximum Gasteiger partial charge on any atom is 0.193 e. The normalized spacial score (nSPS) is 18.0. The van der Waals surface area contributed by atoms with E-state index in [4.69, 9.17) is 16.3 Å². The molecule has 1 atom stereocenters. The van der Waals surface area contributed by atoms with Gasteiger partial charge in [-0.1, -0.05) is 17.7 Å². The average Bonchev–Trinajstić information content (AvgIpc) is 2.95. The second kappa shape index (κ2) is 10.3. The second-order valence-electron chi connectivity index (χ2n) is 5.48. The first-order valence-corrected chi connectivity index (χ1v) is 7.91. The predicted molar refractivity (Wildman–Crippen MR) is 103 cm³/mol. The molecule has 23 heavy (non-hydrogen) atoms. The third-order valence-corrected chi connectivity index (χ3v) is 4.27. The standard InChI is InChI=1S/C16H23ClFN3O.HI/c1-19-16(21-9-7-12(10-21)11-22-2)20-8-6-13-14(17)4-3-5-15(13)18;/h3-5,12H,6-11H2,1-2H3,(H,19,20);1H. The van der Waals surface area contributed by atoms with E-state index >= 15 is 0 Å². The molecule has 0 saturated carbocycles. The number of guanidine groups is 1. The summed E-state index contributed by atoms with van der Waals surface area (Å²) in [4.78, 5) is 6.52. The molecular formula is C16H24ClFIN3O. The van der Waals surface area contributed by atoms with E-state index in [-0.39, 0.29) is 29.8 Å². The number of methoxy groups -OCH3 is 1. The summed E-state index contributed by atoms with van der Waals surface area (Å²) in [5, 5.41) is 3.76. The number of hydrogen-bond donors (Lipinski definition) is 1. The number of nitrogens with zero attached hydrogens (tertiary/aromatic N) is 2. The highest BCUT2D eigenvalue weighted by molar-refractivity contribution is 14.0. The third kappa shape index (κ3) is 5.76. The average molecular weight is 456 g/mol. The fraction of sp³-hybridized carbons (Fsp3) is 0.562. The lowest BCUT2D eigenvalue weighted by Crippen LogP contribution is -2.41. The molecule has 4 nitrogen and oxygen atoms in total. The molecule has 1 aromatic rings. The van der Waals surface area contributed by atoms with Crippen LogP contribution in [0.3, 0.4) is 0 Å². The van der Waals surface area contributed by atoms with Crippen LogP contribution in [0.2, 0.25) is 5.02 Å². The van der Waals surface area contributed by atoms with Gasteiger partial charge in [-0.15, -0.1) is 24.0 Å². The van der Waals surface area contributed by atoms with Gasteiger partial charge in [0.2, 0.25) is 0 Å². The Morgan fingerprint density at radius 1 is 1.52 bits per heavy atom. The number of nitrogens with one attached hydrogen (secondary N) is 1. The van der Waals surface area contributed by atoms with Crippen molar-refractivity contribution in [1.29, 1.82) is 0 Å². The van der Waals surface area contributed by atoms with Crippen LogP contribution in [-0.2, 0) is 11.2 Å². The fourth-order valence-corrected chi connectivity index (χ4v) is 3.06. The lowest BCUT2D eigenvalue weighted by atomic mass is 10.1. The molecule has 1 saturated heterocycles. The van der Waals surface area contributed by atoms with Crippen molar-refractivity contribution in [2.45, 2.75) is 12.8 Å². The molecule has 1 unspecified atom stereocenters. The lowest BCUT2D eigenvalue weighted by Gasteiger charge is -2.21. The molecule has 130 valence electrons. The number of likely N-dealkylation sites (tertiary alicyclic amines) is 1. The van der Waals surface area contributed by atoms with Gasteiger partial charge in [0.15, 0.2) is 5.96 Å². The van der Waals surface area contributed by atoms with Gasteiger partial charge in [0.05, 0.1) is 6.61 Å². The van der Waals surface area contributed by atoms with Gasteiger partial charge in [0.25, 0.3) is 0 Å². The van der Waals surface area contributed by atoms with Crippen molar-refractivity contribution in [3.63, 3.8) is 0 Å². The molecule has 1 heterocycles. The topological polar surface area (TPSA) is 36.9 Å². The Morgan fingerprint density at radius 3 is 2.96 bits per heavy atom. The van der Waals surface area contributed by atoms with Crippen molar-refractivity contribution in [1.82, 2.24) is 10.2 Å². The van der Waals surface area contributed by atoms with Crippen molar-refractivity contribution < 1.29 is 9.13 Å². The number of aliphatic imine (C=N–C) groups is 1. The number of hydrogen-bond acceptors (Lipinski definition) is 2. The highest BCUT2D eigenvalue weighted by Gasteiger charge is 2.24. The van der Waals surface area contributed by atoms with E-state index in [1.807, 2.05) is 0 Å². The third-order valence-electron chi connectivity index (χ3n) is 3.92. The van der Waals surface area contributed by atoms with Gasteiger partial charge in [0, 0.05) is 50.3 Å². The molecule has 0 aromatic heterocycles. The molecule has 1 aliphatic rings. The van der Waals surface area contributed by atoms with E-state index in [1.54, 1.807) is 26.3 Å². The first-order valence-electron chi connectivity index (χ1n) is 7.53. The highest BCUT2D eigenvalue weighted by Crippen LogP contribution is 2.19. The zero-order valence-corrected chi connectivity index (χ0v) is 16.6. The molecule has 0 radical (unpaired) electrons. The van der Waals surface area contributed by atoms with Gasteiger partial charge in [-0.2, -0.15) is 0 Å². The molecule has 7 heteroatoms. The Kier molecular flexibility index (Phi) is 9.16. The van der Waals surface area contributed by atoms with Crippen LogP contribution < -0.4 is 5.32 Å². The van der Waals surface area contributed by atoms with Crippen molar-refractivity contribution in [3.8, 4) is 0 Å². The summed E-state index contributed by atoms with van der Waals surface area (Å²) in [7, 11) is 3.50. The van der Waals surface area contributed by atoms with E-state index < -0.39 is 0 Å². The molecule has 1 fully saturated rings. The van der Waals surface area contributed by atoms with E-state index in [0.717, 1.165) is 32.1 Å². The monoisotopic (exact) mass is 455 g/mol. The van der Waals surface area contributed by atoms with Gasteiger partial charge < -0.3 is 15.0 Å². The number of ether oxygens (including phenoxy) is 1. The zero-order chi connectivity index (χ0) is 15.9. The summed E-state index contributed by atoms with van der Waals surface area (Å²) in [6, 6.07) is 4.77. The highest BCUT2D eigenvalue weighted by atomic mass is 127. The molecule has 0 bridgehead atoms. The minimum Gasteiger partial charge on any atom is -0.384 e. The van der Waals surface area contributed by atoms with E-state index in [9.17, 15) is 4.39 Å². The molecule has 0 amide bonds. The van der Waals surface area contributed by atoms with Crippen LogP contribution in [0.5, 0.6) is 0 Å². The van der Waals surface area contributed by atoms with E-state index in [0.29, 0.717) is 29.5 Å². The largest absolute Gasteiger partial charge is 0.384 e. The second-order valence-corrected chi connectivity index (χ2v) is 5.89. The number of rotatable bonds is 5. The Hall–Kier alpha value is -0.600. The van der Waals surface area contributed by atoms with Crippen LogP contribution in [0.25, 0.3) is 0 Å². The Balaban J connectivity index is 0.00000264. The minimum atomic E-state index is -0.259. The smallest absolute Gasteiger partial charge is 0.193 e. The molecule has 1 aromatic carbocycles. The first-order chi connectivity index (χ1) is 10.7. The van der Waals surface area contributed by atoms with Crippen LogP contribution in [0, 0.1) is 11.7 Å². The molecule has 1 aliphatic heterocycles. The molecule has 0 spiro atoms. The first kappa shape index (κ1) is 20.4. The summed E-state index contributed by atoms with van der Waals surface area (Å²) < 4.78 is 18.9. The summed E-state index contributed by atoms with van der Waals surface area (Å²) in [5.74, 6) is 1.14. The number of halogens is 3. The minimum absolute atomic E-state index is 0. The summed E-state index contributed by atoms with van der Waals surface area (Å²) >= 11 is 6.04. The van der Waals surface area contributed by atoms with Crippen molar-refractivity contribution >= 4 is 41.5 Å². The van der Waals surface area contributed by atoms with Crippen LogP contribution in [0.15, 0.2) is 23.2 Å². The van der Waals surface area contributed by atoms with Gasteiger partial charge >= 0.3 is 0 Å². The zero-order valence-electron chi connectivity index (χ0n) is 13.5. The van der Waals surface area contributed by atoms with Crippen molar-refractivity contribution in [2.75, 3.05) is 40.4 Å². The fourth-order valence-electron chi connectivity index (χ4n) is 2.80. The van der Waals surface area contributed by atoms with Crippen LogP contribution >= 0.6 is 35.6 Å². The Morgan fingerprint density at radius 2 is 2.30 bits per heavy atom. The van der Waals surface area contributed by atoms with Crippen molar-refractivity contribution in [3.05, 3.63) is 34.6 Å². The summed E-state index contributed by atoms with van der Waals surface area (Å²) in [6.07, 6.45) is 1.63. The van der Waals surface area contributed by atoms with Gasteiger partial charge in [-0.3, -0.25) is 4.99 Å². The molecular weight excluding hydrogens is 432 g/mol. The Bertz CT molecular complexity index is 510. The molecule has 0 aliphatic carbocycles. The quantitative estimate of drug-likeness (QED) is 0.421. The van der Waals surface area contributed by atoms with Crippen LogP contribution in [0.4, 0.5) is 4.39 Å². The van der Waals surface area contributed by atoms with Gasteiger partial charge in [0.1, 0.15) is 5.82 Å². The van der Waals surface area contributed by atoms with Crippen LogP contribution in [0.1, 0.15) is 12.0 Å². The van der Waals surface area contributed by atoms with Gasteiger partial charge in [-0.25, -0.2) is 4.39 Å². The lowest BCUT2D eigenvalue weighted by molar-refractivity contribution is 0.157. The van der Waals surface area contributed by atoms with E-state index in [2.05, 4.69) is 15.2 Å². The SMILES string of the molecule is CN=C(NCCc1c(F)cccc1Cl)N1CCC(COC)C1.I. The molecule has 2 rings (SSSR count). The Labute approximate surface area is 159 Å².